The first kappa shape index (κ1) is 11.5. The van der Waals surface area contributed by atoms with Crippen LogP contribution in [0.5, 0.6) is 5.75 Å². The van der Waals surface area contributed by atoms with Crippen molar-refractivity contribution in [2.75, 3.05) is 0 Å². The Balaban J connectivity index is 1.88. The fraction of sp³-hybridized carbons (Fsp3) is 0.571. The fourth-order valence-electron chi connectivity index (χ4n) is 2.44. The number of phenols is 1. The van der Waals surface area contributed by atoms with E-state index in [1.165, 1.54) is 37.7 Å². The molecule has 0 atom stereocenters. The van der Waals surface area contributed by atoms with Gasteiger partial charge < -0.3 is 10.4 Å². The van der Waals surface area contributed by atoms with E-state index in [-0.39, 0.29) is 0 Å². The Kier molecular flexibility index (Phi) is 3.49. The summed E-state index contributed by atoms with van der Waals surface area (Å²) in [7, 11) is 0. The van der Waals surface area contributed by atoms with Gasteiger partial charge in [-0.1, -0.05) is 31.4 Å². The lowest BCUT2D eigenvalue weighted by molar-refractivity contribution is 0.252. The second-order valence-electron chi connectivity index (χ2n) is 5.14. The first-order valence-electron chi connectivity index (χ1n) is 6.21. The smallest absolute Gasteiger partial charge is 0.115 e. The van der Waals surface area contributed by atoms with Gasteiger partial charge in [0.2, 0.25) is 0 Å². The molecular weight excluding hydrogens is 198 g/mol. The van der Waals surface area contributed by atoms with Crippen LogP contribution in [0.15, 0.2) is 24.3 Å². The van der Waals surface area contributed by atoms with E-state index in [4.69, 9.17) is 0 Å². The van der Waals surface area contributed by atoms with Crippen molar-refractivity contribution in [3.8, 4) is 5.75 Å². The first-order valence-corrected chi connectivity index (χ1v) is 6.21. The minimum absolute atomic E-state index is 0.316. The van der Waals surface area contributed by atoms with Crippen molar-refractivity contribution >= 4 is 0 Å². The SMILES string of the molecule is CC1(NCc2ccc(O)cc2)CCCCC1. The molecule has 1 aliphatic carbocycles. The van der Waals surface area contributed by atoms with Crippen molar-refractivity contribution in [1.29, 1.82) is 0 Å². The third-order valence-corrected chi connectivity index (χ3v) is 3.61. The van der Waals surface area contributed by atoms with Crippen molar-refractivity contribution < 1.29 is 5.11 Å². The molecule has 1 aromatic rings. The third kappa shape index (κ3) is 2.99. The number of benzene rings is 1. The molecule has 88 valence electrons. The summed E-state index contributed by atoms with van der Waals surface area (Å²) in [5.41, 5.74) is 1.56. The minimum atomic E-state index is 0.316. The summed E-state index contributed by atoms with van der Waals surface area (Å²) in [5, 5.41) is 12.9. The standard InChI is InChI=1S/C14H21NO/c1-14(9-3-2-4-10-14)15-11-12-5-7-13(16)8-6-12/h5-8,15-16H,2-4,9-11H2,1H3. The summed E-state index contributed by atoms with van der Waals surface area (Å²) >= 11 is 0. The molecule has 16 heavy (non-hydrogen) atoms. The average Bonchev–Trinajstić information content (AvgIpc) is 2.29. The summed E-state index contributed by atoms with van der Waals surface area (Å²) in [5.74, 6) is 0.340. The molecule has 2 heteroatoms. The highest BCUT2D eigenvalue weighted by Crippen LogP contribution is 2.27. The Hall–Kier alpha value is -1.02. The Morgan fingerprint density at radius 3 is 2.38 bits per heavy atom. The van der Waals surface area contributed by atoms with Crippen LogP contribution in [0.1, 0.15) is 44.6 Å². The quantitative estimate of drug-likeness (QED) is 0.818. The van der Waals surface area contributed by atoms with E-state index < -0.39 is 0 Å². The molecule has 0 bridgehead atoms. The van der Waals surface area contributed by atoms with E-state index in [9.17, 15) is 5.11 Å². The maximum absolute atomic E-state index is 9.20. The van der Waals surface area contributed by atoms with E-state index in [0.717, 1.165) is 6.54 Å². The van der Waals surface area contributed by atoms with Gasteiger partial charge in [0.25, 0.3) is 0 Å². The molecular formula is C14H21NO. The van der Waals surface area contributed by atoms with Crippen LogP contribution in [0.4, 0.5) is 0 Å². The molecule has 0 aliphatic heterocycles. The van der Waals surface area contributed by atoms with Crippen LogP contribution >= 0.6 is 0 Å². The van der Waals surface area contributed by atoms with Gasteiger partial charge in [-0.25, -0.2) is 0 Å². The average molecular weight is 219 g/mol. The molecule has 2 nitrogen and oxygen atoms in total. The lowest BCUT2D eigenvalue weighted by Crippen LogP contribution is -2.43. The molecule has 0 radical (unpaired) electrons. The van der Waals surface area contributed by atoms with Crippen LogP contribution in [0.2, 0.25) is 0 Å². The fourth-order valence-corrected chi connectivity index (χ4v) is 2.44. The van der Waals surface area contributed by atoms with Gasteiger partial charge in [0.05, 0.1) is 0 Å². The molecule has 0 aromatic heterocycles. The van der Waals surface area contributed by atoms with Gasteiger partial charge in [-0.15, -0.1) is 0 Å². The Bertz CT molecular complexity index is 325. The van der Waals surface area contributed by atoms with Gasteiger partial charge in [-0.3, -0.25) is 0 Å². The summed E-state index contributed by atoms with van der Waals surface area (Å²) in [4.78, 5) is 0. The highest BCUT2D eigenvalue weighted by Gasteiger charge is 2.25. The highest BCUT2D eigenvalue weighted by atomic mass is 16.3. The number of aromatic hydroxyl groups is 1. The minimum Gasteiger partial charge on any atom is -0.508 e. The highest BCUT2D eigenvalue weighted by molar-refractivity contribution is 5.25. The summed E-state index contributed by atoms with van der Waals surface area (Å²) in [6.45, 7) is 3.23. The van der Waals surface area contributed by atoms with Gasteiger partial charge in [0.1, 0.15) is 5.75 Å². The predicted molar refractivity (Wildman–Crippen MR) is 66.4 cm³/mol. The van der Waals surface area contributed by atoms with Gasteiger partial charge in [0.15, 0.2) is 0 Å². The molecule has 1 fully saturated rings. The van der Waals surface area contributed by atoms with Crippen LogP contribution in [0.3, 0.4) is 0 Å². The van der Waals surface area contributed by atoms with Crippen molar-refractivity contribution in [1.82, 2.24) is 5.32 Å². The van der Waals surface area contributed by atoms with Gasteiger partial charge in [-0.2, -0.15) is 0 Å². The number of rotatable bonds is 3. The molecule has 1 saturated carbocycles. The first-order chi connectivity index (χ1) is 7.68. The third-order valence-electron chi connectivity index (χ3n) is 3.61. The van der Waals surface area contributed by atoms with Crippen LogP contribution in [-0.2, 0) is 6.54 Å². The molecule has 2 N–H and O–H groups in total. The second-order valence-corrected chi connectivity index (χ2v) is 5.14. The summed E-state index contributed by atoms with van der Waals surface area (Å²) in [6, 6.07) is 7.46. The summed E-state index contributed by atoms with van der Waals surface area (Å²) < 4.78 is 0. The van der Waals surface area contributed by atoms with Crippen LogP contribution in [0, 0.1) is 0 Å². The monoisotopic (exact) mass is 219 g/mol. The maximum Gasteiger partial charge on any atom is 0.115 e. The summed E-state index contributed by atoms with van der Waals surface area (Å²) in [6.07, 6.45) is 6.64. The molecule has 0 unspecified atom stereocenters. The lowest BCUT2D eigenvalue weighted by atomic mass is 9.83. The normalized spacial score (nSPS) is 19.6. The zero-order chi connectivity index (χ0) is 11.4. The van der Waals surface area contributed by atoms with Crippen molar-refractivity contribution in [2.45, 2.75) is 51.1 Å². The number of hydrogen-bond acceptors (Lipinski definition) is 2. The molecule has 0 saturated heterocycles. The molecule has 0 amide bonds. The van der Waals surface area contributed by atoms with Crippen molar-refractivity contribution in [3.05, 3.63) is 29.8 Å². The Labute approximate surface area is 97.7 Å². The zero-order valence-corrected chi connectivity index (χ0v) is 10.00. The van der Waals surface area contributed by atoms with E-state index in [1.54, 1.807) is 12.1 Å². The number of phenolic OH excluding ortho intramolecular Hbond substituents is 1. The van der Waals surface area contributed by atoms with Crippen molar-refractivity contribution in [2.24, 2.45) is 0 Å². The van der Waals surface area contributed by atoms with E-state index in [1.807, 2.05) is 12.1 Å². The van der Waals surface area contributed by atoms with Crippen LogP contribution in [0.25, 0.3) is 0 Å². The molecule has 0 heterocycles. The Morgan fingerprint density at radius 1 is 1.12 bits per heavy atom. The van der Waals surface area contributed by atoms with E-state index in [2.05, 4.69) is 12.2 Å². The molecule has 0 spiro atoms. The lowest BCUT2D eigenvalue weighted by Gasteiger charge is -2.34. The van der Waals surface area contributed by atoms with Gasteiger partial charge >= 0.3 is 0 Å². The topological polar surface area (TPSA) is 32.3 Å². The Morgan fingerprint density at radius 2 is 1.75 bits per heavy atom. The molecule has 1 aromatic carbocycles. The van der Waals surface area contributed by atoms with Gasteiger partial charge in [-0.05, 0) is 37.5 Å². The second kappa shape index (κ2) is 4.88. The number of nitrogens with one attached hydrogen (secondary N) is 1. The maximum atomic E-state index is 9.20. The largest absolute Gasteiger partial charge is 0.508 e. The van der Waals surface area contributed by atoms with Crippen LogP contribution in [-0.4, -0.2) is 10.6 Å². The predicted octanol–water partition coefficient (Wildman–Crippen LogP) is 3.20. The number of hydrogen-bond donors (Lipinski definition) is 2. The van der Waals surface area contributed by atoms with Crippen molar-refractivity contribution in [3.63, 3.8) is 0 Å². The zero-order valence-electron chi connectivity index (χ0n) is 10.00. The molecule has 1 aliphatic rings. The molecule has 2 rings (SSSR count). The van der Waals surface area contributed by atoms with Crippen LogP contribution < -0.4 is 5.32 Å². The van der Waals surface area contributed by atoms with E-state index in [0.29, 0.717) is 11.3 Å². The van der Waals surface area contributed by atoms with E-state index >= 15 is 0 Å². The van der Waals surface area contributed by atoms with Gasteiger partial charge in [0, 0.05) is 12.1 Å².